The van der Waals surface area contributed by atoms with Gasteiger partial charge in [0, 0.05) is 30.5 Å². The number of nitrogens with one attached hydrogen (secondary N) is 1. The van der Waals surface area contributed by atoms with Crippen molar-refractivity contribution in [2.45, 2.75) is 26.3 Å². The minimum absolute atomic E-state index is 0.250. The molecule has 0 atom stereocenters. The first-order valence-corrected chi connectivity index (χ1v) is 11.1. The van der Waals surface area contributed by atoms with E-state index in [0.717, 1.165) is 23.4 Å². The second-order valence-corrected chi connectivity index (χ2v) is 9.06. The normalized spacial score (nSPS) is 13.7. The van der Waals surface area contributed by atoms with E-state index in [1.165, 1.54) is 17.7 Å². The topological polar surface area (TPSA) is 97.7 Å². The zero-order chi connectivity index (χ0) is 21.3. The summed E-state index contributed by atoms with van der Waals surface area (Å²) in [6.07, 6.45) is 2.62. The summed E-state index contributed by atoms with van der Waals surface area (Å²) in [7, 11) is -0.190. The van der Waals surface area contributed by atoms with Crippen molar-refractivity contribution in [2.75, 3.05) is 24.2 Å². The van der Waals surface area contributed by atoms with Gasteiger partial charge in [0.15, 0.2) is 0 Å². The quantitative estimate of drug-likeness (QED) is 0.745. The molecule has 3 rings (SSSR count). The van der Waals surface area contributed by atoms with Gasteiger partial charge in [-0.2, -0.15) is 0 Å². The number of aryl methyl sites for hydroxylation is 1. The van der Waals surface area contributed by atoms with Gasteiger partial charge in [0.25, 0.3) is 5.91 Å². The Morgan fingerprint density at radius 1 is 1.24 bits per heavy atom. The average Bonchev–Trinajstić information content (AvgIpc) is 2.98. The summed E-state index contributed by atoms with van der Waals surface area (Å²) in [5.74, 6) is -0.677. The molecular formula is C20H25N3O5S. The highest BCUT2D eigenvalue weighted by Gasteiger charge is 2.25. The van der Waals surface area contributed by atoms with Crippen LogP contribution in [0.25, 0.3) is 0 Å². The molecule has 0 saturated carbocycles. The molecule has 156 valence electrons. The number of hydrogen-bond acceptors (Lipinski definition) is 5. The predicted octanol–water partition coefficient (Wildman–Crippen LogP) is 1.76. The predicted molar refractivity (Wildman–Crippen MR) is 110 cm³/mol. The number of esters is 1. The van der Waals surface area contributed by atoms with Gasteiger partial charge in [0.2, 0.25) is 10.0 Å². The number of hydrogen-bond donors (Lipinski definition) is 1. The lowest BCUT2D eigenvalue weighted by Gasteiger charge is -2.29. The molecule has 1 aliphatic rings. The molecule has 1 amide bonds. The van der Waals surface area contributed by atoms with Crippen molar-refractivity contribution in [2.24, 2.45) is 7.05 Å². The van der Waals surface area contributed by atoms with Crippen molar-refractivity contribution in [1.82, 2.24) is 9.88 Å². The number of carbonyl (C=O) groups excluding carboxylic acids is 2. The number of nitrogens with zero attached hydrogens (tertiary/aromatic N) is 2. The van der Waals surface area contributed by atoms with Crippen LogP contribution in [0.1, 0.15) is 44.1 Å². The van der Waals surface area contributed by atoms with E-state index >= 15 is 0 Å². The van der Waals surface area contributed by atoms with Crippen LogP contribution in [0.2, 0.25) is 0 Å². The molecule has 0 saturated heterocycles. The van der Waals surface area contributed by atoms with Gasteiger partial charge in [-0.05, 0) is 49.6 Å². The van der Waals surface area contributed by atoms with Crippen molar-refractivity contribution < 1.29 is 22.7 Å². The third-order valence-electron chi connectivity index (χ3n) is 5.29. The van der Waals surface area contributed by atoms with Gasteiger partial charge >= 0.3 is 5.97 Å². The van der Waals surface area contributed by atoms with E-state index in [4.69, 9.17) is 4.74 Å². The lowest BCUT2D eigenvalue weighted by atomic mass is 10.0. The van der Waals surface area contributed by atoms with E-state index in [1.807, 2.05) is 18.5 Å². The number of methoxy groups -OCH3 is 1. The van der Waals surface area contributed by atoms with Gasteiger partial charge in [-0.3, -0.25) is 9.10 Å². The molecule has 1 aliphatic heterocycles. The van der Waals surface area contributed by atoms with E-state index in [0.29, 0.717) is 29.8 Å². The van der Waals surface area contributed by atoms with Gasteiger partial charge < -0.3 is 14.6 Å². The second kappa shape index (κ2) is 7.90. The monoisotopic (exact) mass is 419 g/mol. The molecule has 0 spiro atoms. The van der Waals surface area contributed by atoms with Crippen LogP contribution >= 0.6 is 0 Å². The maximum Gasteiger partial charge on any atom is 0.339 e. The number of rotatable bonds is 5. The summed E-state index contributed by atoms with van der Waals surface area (Å²) in [5, 5.41) is 2.86. The molecule has 0 radical (unpaired) electrons. The average molecular weight is 420 g/mol. The van der Waals surface area contributed by atoms with Gasteiger partial charge in [-0.15, -0.1) is 0 Å². The highest BCUT2D eigenvalue weighted by molar-refractivity contribution is 7.92. The van der Waals surface area contributed by atoms with Crippen molar-refractivity contribution in [3.8, 4) is 0 Å². The highest BCUT2D eigenvalue weighted by atomic mass is 32.2. The SMILES string of the molecule is COC(=O)c1cc(CNC(=O)c2ccc3c(c2)CCCN3S(C)(=O)=O)n(C)c1C. The Bertz CT molecular complexity index is 1070. The molecule has 29 heavy (non-hydrogen) atoms. The van der Waals surface area contributed by atoms with Crippen LogP contribution in [0.4, 0.5) is 5.69 Å². The number of fused-ring (bicyclic) bond motifs is 1. The zero-order valence-corrected chi connectivity index (χ0v) is 17.8. The third kappa shape index (κ3) is 4.14. The van der Waals surface area contributed by atoms with Crippen LogP contribution in [-0.2, 0) is 34.8 Å². The fourth-order valence-electron chi connectivity index (χ4n) is 3.57. The Balaban J connectivity index is 1.77. The lowest BCUT2D eigenvalue weighted by molar-refractivity contribution is 0.0599. The molecule has 0 aliphatic carbocycles. The van der Waals surface area contributed by atoms with Crippen molar-refractivity contribution in [3.05, 3.63) is 52.3 Å². The molecular weight excluding hydrogens is 394 g/mol. The van der Waals surface area contributed by atoms with Crippen LogP contribution < -0.4 is 9.62 Å². The smallest absolute Gasteiger partial charge is 0.339 e. The van der Waals surface area contributed by atoms with E-state index < -0.39 is 16.0 Å². The maximum absolute atomic E-state index is 12.6. The molecule has 2 heterocycles. The van der Waals surface area contributed by atoms with E-state index in [2.05, 4.69) is 5.32 Å². The number of carbonyl (C=O) groups is 2. The summed E-state index contributed by atoms with van der Waals surface area (Å²) < 4.78 is 31.9. The molecule has 2 aromatic rings. The largest absolute Gasteiger partial charge is 0.465 e. The Morgan fingerprint density at radius 3 is 2.62 bits per heavy atom. The number of ether oxygens (including phenoxy) is 1. The first kappa shape index (κ1) is 20.9. The molecule has 9 heteroatoms. The van der Waals surface area contributed by atoms with Crippen LogP contribution in [0.3, 0.4) is 0 Å². The Kier molecular flexibility index (Phi) is 5.70. The molecule has 1 aromatic carbocycles. The summed E-state index contributed by atoms with van der Waals surface area (Å²) in [6, 6.07) is 6.77. The number of sulfonamides is 1. The van der Waals surface area contributed by atoms with E-state index in [1.54, 1.807) is 24.3 Å². The minimum Gasteiger partial charge on any atom is -0.465 e. The summed E-state index contributed by atoms with van der Waals surface area (Å²) in [5.41, 5.74) is 3.95. The fourth-order valence-corrected chi connectivity index (χ4v) is 4.57. The standard InChI is InChI=1S/C20H25N3O5S/c1-13-17(20(25)28-3)11-16(22(13)2)12-21-19(24)15-7-8-18-14(10-15)6-5-9-23(18)29(4,26)27/h7-8,10-11H,5-6,9,12H2,1-4H3,(H,21,24). The number of benzene rings is 1. The Hall–Kier alpha value is -2.81. The van der Waals surface area contributed by atoms with Gasteiger partial charge in [-0.1, -0.05) is 0 Å². The van der Waals surface area contributed by atoms with Crippen LogP contribution in [0, 0.1) is 6.92 Å². The number of aromatic nitrogens is 1. The van der Waals surface area contributed by atoms with E-state index in [9.17, 15) is 18.0 Å². The Morgan fingerprint density at radius 2 is 1.97 bits per heavy atom. The highest BCUT2D eigenvalue weighted by Crippen LogP contribution is 2.29. The summed E-state index contributed by atoms with van der Waals surface area (Å²) in [6.45, 7) is 2.51. The van der Waals surface area contributed by atoms with E-state index in [-0.39, 0.29) is 12.5 Å². The van der Waals surface area contributed by atoms with Gasteiger partial charge in [-0.25, -0.2) is 13.2 Å². The lowest BCUT2D eigenvalue weighted by Crippen LogP contribution is -2.34. The van der Waals surface area contributed by atoms with Crippen LogP contribution in [0.5, 0.6) is 0 Å². The first-order chi connectivity index (χ1) is 13.6. The number of amides is 1. The van der Waals surface area contributed by atoms with Crippen LogP contribution in [-0.4, -0.2) is 44.8 Å². The summed E-state index contributed by atoms with van der Waals surface area (Å²) >= 11 is 0. The van der Waals surface area contributed by atoms with Crippen LogP contribution in [0.15, 0.2) is 24.3 Å². The third-order valence-corrected chi connectivity index (χ3v) is 6.47. The summed E-state index contributed by atoms with van der Waals surface area (Å²) in [4.78, 5) is 24.5. The van der Waals surface area contributed by atoms with Crippen molar-refractivity contribution >= 4 is 27.6 Å². The fraction of sp³-hybridized carbons (Fsp3) is 0.400. The van der Waals surface area contributed by atoms with Crippen molar-refractivity contribution in [3.63, 3.8) is 0 Å². The number of anilines is 1. The molecule has 0 unspecified atom stereocenters. The molecule has 1 N–H and O–H groups in total. The molecule has 8 nitrogen and oxygen atoms in total. The van der Waals surface area contributed by atoms with Gasteiger partial charge in [0.1, 0.15) is 0 Å². The molecule has 1 aromatic heterocycles. The first-order valence-electron chi connectivity index (χ1n) is 9.26. The van der Waals surface area contributed by atoms with Crippen molar-refractivity contribution in [1.29, 1.82) is 0 Å². The van der Waals surface area contributed by atoms with Gasteiger partial charge in [0.05, 0.1) is 31.2 Å². The molecule has 0 bridgehead atoms. The second-order valence-electron chi connectivity index (χ2n) is 7.15. The molecule has 0 fully saturated rings. The Labute approximate surface area is 170 Å². The zero-order valence-electron chi connectivity index (χ0n) is 17.0. The minimum atomic E-state index is -3.34. The maximum atomic E-state index is 12.6.